The first kappa shape index (κ1) is 13.0. The van der Waals surface area contributed by atoms with Gasteiger partial charge in [0.2, 0.25) is 0 Å². The third-order valence-corrected chi connectivity index (χ3v) is 2.87. The van der Waals surface area contributed by atoms with Crippen molar-refractivity contribution < 1.29 is 0 Å². The molecule has 13 heavy (non-hydrogen) atoms. The molecule has 0 fully saturated rings. The summed E-state index contributed by atoms with van der Waals surface area (Å²) >= 11 is 0. The Bertz CT molecular complexity index is 101. The van der Waals surface area contributed by atoms with Crippen molar-refractivity contribution in [1.29, 1.82) is 0 Å². The van der Waals surface area contributed by atoms with E-state index in [1.807, 2.05) is 0 Å². The average molecular weight is 185 g/mol. The van der Waals surface area contributed by atoms with Crippen LogP contribution in [0.1, 0.15) is 59.8 Å². The van der Waals surface area contributed by atoms with Gasteiger partial charge in [0.1, 0.15) is 0 Å². The summed E-state index contributed by atoms with van der Waals surface area (Å²) in [5.74, 6) is 0.830. The second-order valence-corrected chi connectivity index (χ2v) is 4.09. The minimum Gasteiger partial charge on any atom is -0.314 e. The van der Waals surface area contributed by atoms with Gasteiger partial charge in [-0.25, -0.2) is 0 Å². The van der Waals surface area contributed by atoms with Crippen LogP contribution in [0.25, 0.3) is 0 Å². The minimum atomic E-state index is 0.751. The molecule has 80 valence electrons. The van der Waals surface area contributed by atoms with Crippen molar-refractivity contribution in [3.63, 3.8) is 0 Å². The topological polar surface area (TPSA) is 12.0 Å². The van der Waals surface area contributed by atoms with Gasteiger partial charge in [0, 0.05) is 6.04 Å². The fourth-order valence-electron chi connectivity index (χ4n) is 1.65. The molecule has 0 rings (SSSR count). The van der Waals surface area contributed by atoms with Crippen molar-refractivity contribution in [2.45, 2.75) is 65.8 Å². The highest BCUT2D eigenvalue weighted by molar-refractivity contribution is 4.71. The number of hydrogen-bond acceptors (Lipinski definition) is 1. The Balaban J connectivity index is 3.65. The molecule has 0 heterocycles. The highest BCUT2D eigenvalue weighted by Crippen LogP contribution is 2.12. The Hall–Kier alpha value is -0.0400. The van der Waals surface area contributed by atoms with Gasteiger partial charge in [0.25, 0.3) is 0 Å². The second kappa shape index (κ2) is 8.55. The quantitative estimate of drug-likeness (QED) is 0.570. The Kier molecular flexibility index (Phi) is 8.53. The lowest BCUT2D eigenvalue weighted by Crippen LogP contribution is -2.35. The maximum Gasteiger partial charge on any atom is 0.00924 e. The SMILES string of the molecule is CCCCNC(CCC)C(C)CC. The molecule has 0 amide bonds. The molecule has 0 saturated carbocycles. The van der Waals surface area contributed by atoms with Crippen LogP contribution < -0.4 is 5.32 Å². The van der Waals surface area contributed by atoms with E-state index in [0.29, 0.717) is 0 Å². The number of hydrogen-bond donors (Lipinski definition) is 1. The number of rotatable bonds is 8. The molecule has 0 spiro atoms. The Labute approximate surface area is 84.3 Å². The van der Waals surface area contributed by atoms with Gasteiger partial charge in [-0.2, -0.15) is 0 Å². The largest absolute Gasteiger partial charge is 0.314 e. The van der Waals surface area contributed by atoms with E-state index in [1.165, 1.54) is 38.6 Å². The van der Waals surface area contributed by atoms with Gasteiger partial charge in [0.15, 0.2) is 0 Å². The molecule has 2 unspecified atom stereocenters. The molecule has 0 aliphatic carbocycles. The molecule has 0 aliphatic heterocycles. The van der Waals surface area contributed by atoms with Crippen molar-refractivity contribution in [2.75, 3.05) is 6.54 Å². The fourth-order valence-corrected chi connectivity index (χ4v) is 1.65. The first-order chi connectivity index (χ1) is 6.26. The van der Waals surface area contributed by atoms with E-state index in [1.54, 1.807) is 0 Å². The number of nitrogens with one attached hydrogen (secondary N) is 1. The third kappa shape index (κ3) is 6.09. The lowest BCUT2D eigenvalue weighted by molar-refractivity contribution is 0.344. The van der Waals surface area contributed by atoms with Crippen LogP contribution in [0, 0.1) is 5.92 Å². The average Bonchev–Trinajstić information content (AvgIpc) is 2.16. The Morgan fingerprint density at radius 1 is 1.08 bits per heavy atom. The predicted octanol–water partition coefficient (Wildman–Crippen LogP) is 3.59. The van der Waals surface area contributed by atoms with E-state index < -0.39 is 0 Å². The van der Waals surface area contributed by atoms with Gasteiger partial charge < -0.3 is 5.32 Å². The summed E-state index contributed by atoms with van der Waals surface area (Å²) in [5, 5.41) is 3.67. The predicted molar refractivity (Wildman–Crippen MR) is 61.1 cm³/mol. The first-order valence-electron chi connectivity index (χ1n) is 5.99. The van der Waals surface area contributed by atoms with Crippen LogP contribution in [0.4, 0.5) is 0 Å². The van der Waals surface area contributed by atoms with Gasteiger partial charge in [0.05, 0.1) is 0 Å². The second-order valence-electron chi connectivity index (χ2n) is 4.09. The standard InChI is InChI=1S/C12H27N/c1-5-8-10-13-12(9-6-2)11(4)7-3/h11-13H,5-10H2,1-4H3. The highest BCUT2D eigenvalue weighted by Gasteiger charge is 2.12. The summed E-state index contributed by atoms with van der Waals surface area (Å²) in [6, 6.07) is 0.751. The minimum absolute atomic E-state index is 0.751. The molecule has 0 bridgehead atoms. The molecule has 0 radical (unpaired) electrons. The molecule has 0 aromatic rings. The molecule has 1 heteroatoms. The van der Waals surface area contributed by atoms with Crippen LogP contribution in [0.5, 0.6) is 0 Å². The Morgan fingerprint density at radius 2 is 1.77 bits per heavy atom. The van der Waals surface area contributed by atoms with Gasteiger partial charge >= 0.3 is 0 Å². The summed E-state index contributed by atoms with van der Waals surface area (Å²) in [7, 11) is 0. The lowest BCUT2D eigenvalue weighted by atomic mass is 9.95. The summed E-state index contributed by atoms with van der Waals surface area (Å²) in [6.45, 7) is 10.4. The van der Waals surface area contributed by atoms with Crippen LogP contribution in [0.3, 0.4) is 0 Å². The van der Waals surface area contributed by atoms with Crippen LogP contribution in [0.15, 0.2) is 0 Å². The van der Waals surface area contributed by atoms with Gasteiger partial charge in [-0.3, -0.25) is 0 Å². The van der Waals surface area contributed by atoms with Crippen LogP contribution in [-0.2, 0) is 0 Å². The van der Waals surface area contributed by atoms with Crippen molar-refractivity contribution in [1.82, 2.24) is 5.32 Å². The lowest BCUT2D eigenvalue weighted by Gasteiger charge is -2.23. The highest BCUT2D eigenvalue weighted by atomic mass is 14.9. The first-order valence-corrected chi connectivity index (χ1v) is 5.99. The van der Waals surface area contributed by atoms with E-state index >= 15 is 0 Å². The molecular formula is C12H27N. The van der Waals surface area contributed by atoms with E-state index in [2.05, 4.69) is 33.0 Å². The third-order valence-electron chi connectivity index (χ3n) is 2.87. The fraction of sp³-hybridized carbons (Fsp3) is 1.00. The van der Waals surface area contributed by atoms with Crippen LogP contribution in [0.2, 0.25) is 0 Å². The number of unbranched alkanes of at least 4 members (excludes halogenated alkanes) is 1. The summed E-state index contributed by atoms with van der Waals surface area (Å²) in [5.41, 5.74) is 0. The van der Waals surface area contributed by atoms with E-state index in [-0.39, 0.29) is 0 Å². The monoisotopic (exact) mass is 185 g/mol. The maximum absolute atomic E-state index is 3.67. The van der Waals surface area contributed by atoms with Crippen molar-refractivity contribution in [3.8, 4) is 0 Å². The van der Waals surface area contributed by atoms with Crippen molar-refractivity contribution in [2.24, 2.45) is 5.92 Å². The van der Waals surface area contributed by atoms with Crippen molar-refractivity contribution in [3.05, 3.63) is 0 Å². The summed E-state index contributed by atoms with van der Waals surface area (Å²) in [4.78, 5) is 0. The Morgan fingerprint density at radius 3 is 2.23 bits per heavy atom. The normalized spacial score (nSPS) is 15.7. The van der Waals surface area contributed by atoms with Gasteiger partial charge in [-0.05, 0) is 25.3 Å². The molecule has 1 N–H and O–H groups in total. The zero-order valence-electron chi connectivity index (χ0n) is 9.90. The summed E-state index contributed by atoms with van der Waals surface area (Å²) in [6.07, 6.45) is 6.54. The summed E-state index contributed by atoms with van der Waals surface area (Å²) < 4.78 is 0. The zero-order valence-corrected chi connectivity index (χ0v) is 9.90. The van der Waals surface area contributed by atoms with Gasteiger partial charge in [-0.15, -0.1) is 0 Å². The smallest absolute Gasteiger partial charge is 0.00924 e. The van der Waals surface area contributed by atoms with Crippen molar-refractivity contribution >= 4 is 0 Å². The van der Waals surface area contributed by atoms with E-state index in [9.17, 15) is 0 Å². The molecule has 0 saturated heterocycles. The molecule has 0 aliphatic rings. The molecular weight excluding hydrogens is 158 g/mol. The van der Waals surface area contributed by atoms with Crippen LogP contribution in [-0.4, -0.2) is 12.6 Å². The van der Waals surface area contributed by atoms with E-state index in [0.717, 1.165) is 12.0 Å². The van der Waals surface area contributed by atoms with Gasteiger partial charge in [-0.1, -0.05) is 47.0 Å². The van der Waals surface area contributed by atoms with E-state index in [4.69, 9.17) is 0 Å². The zero-order chi connectivity index (χ0) is 10.1. The maximum atomic E-state index is 3.67. The molecule has 0 aromatic carbocycles. The molecule has 2 atom stereocenters. The van der Waals surface area contributed by atoms with Crippen LogP contribution >= 0.6 is 0 Å². The molecule has 1 nitrogen and oxygen atoms in total. The molecule has 0 aromatic heterocycles.